The summed E-state index contributed by atoms with van der Waals surface area (Å²) < 4.78 is 1.07. The number of amides is 1. The molecule has 1 aliphatic carbocycles. The maximum absolute atomic E-state index is 11.4. The molecule has 1 fully saturated rings. The lowest BCUT2D eigenvalue weighted by Gasteiger charge is -2.35. The molecule has 0 aromatic heterocycles. The molecule has 2 rings (SSSR count). The number of rotatable bonds is 3. The first-order chi connectivity index (χ1) is 8.49. The first kappa shape index (κ1) is 13.9. The molecule has 1 amide bonds. The second kappa shape index (κ2) is 5.63. The standard InChI is InChI=1S/C13H17BrN2OS/c14-9-3-5-10(6-4-9)18-11-2-1-7-13(16,8-11)12(15)17/h3-6,11H,1-2,7-8,16H2,(H2,15,17). The SMILES string of the molecule is NC(=O)C1(N)CCCC(Sc2ccc(Br)cc2)C1. The van der Waals surface area contributed by atoms with E-state index in [0.29, 0.717) is 18.1 Å². The van der Waals surface area contributed by atoms with Gasteiger partial charge in [0.15, 0.2) is 0 Å². The Morgan fingerprint density at radius 3 is 2.67 bits per heavy atom. The smallest absolute Gasteiger partial charge is 0.237 e. The van der Waals surface area contributed by atoms with Crippen molar-refractivity contribution in [2.24, 2.45) is 11.5 Å². The van der Waals surface area contributed by atoms with Crippen LogP contribution in [0.2, 0.25) is 0 Å². The normalized spacial score (nSPS) is 28.0. The molecule has 2 unspecified atom stereocenters. The van der Waals surface area contributed by atoms with Crippen LogP contribution in [0.4, 0.5) is 0 Å². The van der Waals surface area contributed by atoms with Gasteiger partial charge in [0.05, 0.1) is 5.54 Å². The number of carbonyl (C=O) groups is 1. The fraction of sp³-hybridized carbons (Fsp3) is 0.462. The van der Waals surface area contributed by atoms with Crippen molar-refractivity contribution in [2.75, 3.05) is 0 Å². The lowest BCUT2D eigenvalue weighted by molar-refractivity contribution is -0.124. The topological polar surface area (TPSA) is 69.1 Å². The van der Waals surface area contributed by atoms with Crippen LogP contribution < -0.4 is 11.5 Å². The van der Waals surface area contributed by atoms with Gasteiger partial charge in [0.25, 0.3) is 0 Å². The summed E-state index contributed by atoms with van der Waals surface area (Å²) in [6, 6.07) is 8.20. The van der Waals surface area contributed by atoms with Crippen LogP contribution in [0.3, 0.4) is 0 Å². The van der Waals surface area contributed by atoms with Crippen molar-refractivity contribution in [3.8, 4) is 0 Å². The fourth-order valence-corrected chi connectivity index (χ4v) is 3.89. The highest BCUT2D eigenvalue weighted by atomic mass is 79.9. The molecule has 3 nitrogen and oxygen atoms in total. The predicted molar refractivity (Wildman–Crippen MR) is 78.4 cm³/mol. The number of halogens is 1. The maximum Gasteiger partial charge on any atom is 0.237 e. The van der Waals surface area contributed by atoms with Crippen molar-refractivity contribution < 1.29 is 4.79 Å². The zero-order valence-electron chi connectivity index (χ0n) is 10.1. The Bertz CT molecular complexity index is 437. The minimum atomic E-state index is -0.814. The number of primary amides is 1. The van der Waals surface area contributed by atoms with Crippen molar-refractivity contribution in [3.05, 3.63) is 28.7 Å². The van der Waals surface area contributed by atoms with E-state index in [0.717, 1.165) is 17.3 Å². The minimum Gasteiger partial charge on any atom is -0.368 e. The second-order valence-corrected chi connectivity index (χ2v) is 7.10. The van der Waals surface area contributed by atoms with Crippen molar-refractivity contribution in [3.63, 3.8) is 0 Å². The Labute approximate surface area is 120 Å². The summed E-state index contributed by atoms with van der Waals surface area (Å²) in [5.41, 5.74) is 10.7. The first-order valence-electron chi connectivity index (χ1n) is 6.01. The molecule has 0 bridgehead atoms. The number of hydrogen-bond acceptors (Lipinski definition) is 3. The summed E-state index contributed by atoms with van der Waals surface area (Å²) in [7, 11) is 0. The average Bonchev–Trinajstić information content (AvgIpc) is 2.32. The number of hydrogen-bond donors (Lipinski definition) is 2. The van der Waals surface area contributed by atoms with Crippen molar-refractivity contribution in [1.82, 2.24) is 0 Å². The molecule has 98 valence electrons. The second-order valence-electron chi connectivity index (χ2n) is 4.81. The van der Waals surface area contributed by atoms with E-state index in [1.807, 2.05) is 12.1 Å². The van der Waals surface area contributed by atoms with Gasteiger partial charge in [0, 0.05) is 14.6 Å². The lowest BCUT2D eigenvalue weighted by atomic mass is 9.82. The Balaban J connectivity index is 2.02. The summed E-state index contributed by atoms with van der Waals surface area (Å²) in [5, 5.41) is 0.373. The fourth-order valence-electron chi connectivity index (χ4n) is 2.29. The van der Waals surface area contributed by atoms with Gasteiger partial charge in [-0.15, -0.1) is 11.8 Å². The Morgan fingerprint density at radius 2 is 2.06 bits per heavy atom. The molecule has 0 aliphatic heterocycles. The highest BCUT2D eigenvalue weighted by Crippen LogP contribution is 2.37. The molecule has 0 radical (unpaired) electrons. The molecule has 0 spiro atoms. The molecule has 1 aromatic rings. The van der Waals surface area contributed by atoms with Gasteiger partial charge in [-0.2, -0.15) is 0 Å². The van der Waals surface area contributed by atoms with Gasteiger partial charge >= 0.3 is 0 Å². The van der Waals surface area contributed by atoms with E-state index in [4.69, 9.17) is 11.5 Å². The molecule has 18 heavy (non-hydrogen) atoms. The Kier molecular flexibility index (Phi) is 4.35. The van der Waals surface area contributed by atoms with Crippen molar-refractivity contribution >= 4 is 33.6 Å². The van der Waals surface area contributed by atoms with E-state index < -0.39 is 5.54 Å². The third kappa shape index (κ3) is 3.28. The average molecular weight is 329 g/mol. The molecule has 1 aliphatic rings. The summed E-state index contributed by atoms with van der Waals surface area (Å²) in [4.78, 5) is 12.6. The van der Waals surface area contributed by atoms with Crippen LogP contribution in [0, 0.1) is 0 Å². The van der Waals surface area contributed by atoms with Crippen molar-refractivity contribution in [1.29, 1.82) is 0 Å². The van der Waals surface area contributed by atoms with E-state index in [1.165, 1.54) is 4.90 Å². The van der Waals surface area contributed by atoms with Gasteiger partial charge in [0.1, 0.15) is 0 Å². The molecule has 0 saturated heterocycles. The minimum absolute atomic E-state index is 0.372. The summed E-state index contributed by atoms with van der Waals surface area (Å²) in [6.45, 7) is 0. The van der Waals surface area contributed by atoms with Crippen LogP contribution in [0.1, 0.15) is 25.7 Å². The number of carbonyl (C=O) groups excluding carboxylic acids is 1. The quantitative estimate of drug-likeness (QED) is 0.896. The summed E-state index contributed by atoms with van der Waals surface area (Å²) in [6.07, 6.45) is 3.43. The summed E-state index contributed by atoms with van der Waals surface area (Å²) >= 11 is 5.20. The monoisotopic (exact) mass is 328 g/mol. The Hall–Kier alpha value is -0.520. The zero-order chi connectivity index (χ0) is 13.2. The van der Waals surface area contributed by atoms with Gasteiger partial charge in [-0.3, -0.25) is 4.79 Å². The molecule has 0 heterocycles. The molecular weight excluding hydrogens is 312 g/mol. The highest BCUT2D eigenvalue weighted by molar-refractivity contribution is 9.10. The van der Waals surface area contributed by atoms with Gasteiger partial charge in [-0.25, -0.2) is 0 Å². The van der Waals surface area contributed by atoms with Crippen LogP contribution in [0.15, 0.2) is 33.6 Å². The molecule has 1 saturated carbocycles. The van der Waals surface area contributed by atoms with E-state index in [-0.39, 0.29) is 5.91 Å². The molecular formula is C13H17BrN2OS. The zero-order valence-corrected chi connectivity index (χ0v) is 12.5. The number of benzene rings is 1. The molecule has 5 heteroatoms. The number of thioether (sulfide) groups is 1. The molecule has 4 N–H and O–H groups in total. The van der Waals surface area contributed by atoms with Gasteiger partial charge in [-0.05, 0) is 49.9 Å². The van der Waals surface area contributed by atoms with Crippen LogP contribution >= 0.6 is 27.7 Å². The van der Waals surface area contributed by atoms with Crippen molar-refractivity contribution in [2.45, 2.75) is 41.4 Å². The van der Waals surface area contributed by atoms with E-state index >= 15 is 0 Å². The van der Waals surface area contributed by atoms with Gasteiger partial charge in [-0.1, -0.05) is 15.9 Å². The van der Waals surface area contributed by atoms with Crippen LogP contribution in [0.5, 0.6) is 0 Å². The largest absolute Gasteiger partial charge is 0.368 e. The third-order valence-corrected chi connectivity index (χ3v) is 5.16. The number of nitrogens with two attached hydrogens (primary N) is 2. The van der Waals surface area contributed by atoms with Gasteiger partial charge < -0.3 is 11.5 Å². The van der Waals surface area contributed by atoms with E-state index in [1.54, 1.807) is 11.8 Å². The molecule has 1 aromatic carbocycles. The van der Waals surface area contributed by atoms with Gasteiger partial charge in [0.2, 0.25) is 5.91 Å². The maximum atomic E-state index is 11.4. The van der Waals surface area contributed by atoms with E-state index in [2.05, 4.69) is 28.1 Å². The van der Waals surface area contributed by atoms with E-state index in [9.17, 15) is 4.79 Å². The Morgan fingerprint density at radius 1 is 1.39 bits per heavy atom. The third-order valence-electron chi connectivity index (χ3n) is 3.35. The highest BCUT2D eigenvalue weighted by Gasteiger charge is 2.37. The van der Waals surface area contributed by atoms with Crippen LogP contribution in [-0.2, 0) is 4.79 Å². The molecule has 2 atom stereocenters. The first-order valence-corrected chi connectivity index (χ1v) is 7.68. The lowest BCUT2D eigenvalue weighted by Crippen LogP contribution is -2.55. The summed E-state index contributed by atoms with van der Waals surface area (Å²) in [5.74, 6) is -0.372. The predicted octanol–water partition coefficient (Wildman–Crippen LogP) is 2.67. The van der Waals surface area contributed by atoms with Crippen LogP contribution in [0.25, 0.3) is 0 Å². The van der Waals surface area contributed by atoms with Crippen LogP contribution in [-0.4, -0.2) is 16.7 Å².